The highest BCUT2D eigenvalue weighted by molar-refractivity contribution is 6.02. The van der Waals surface area contributed by atoms with E-state index in [0.29, 0.717) is 17.8 Å². The van der Waals surface area contributed by atoms with Crippen LogP contribution in [0.5, 0.6) is 0 Å². The van der Waals surface area contributed by atoms with Crippen LogP contribution in [-0.2, 0) is 6.54 Å². The van der Waals surface area contributed by atoms with Gasteiger partial charge in [0.1, 0.15) is 0 Å². The van der Waals surface area contributed by atoms with Crippen LogP contribution in [-0.4, -0.2) is 25.0 Å². The van der Waals surface area contributed by atoms with Crippen LogP contribution >= 0.6 is 0 Å². The average Bonchev–Trinajstić information content (AvgIpc) is 3.26. The Labute approximate surface area is 169 Å². The second-order valence-corrected chi connectivity index (χ2v) is 7.24. The summed E-state index contributed by atoms with van der Waals surface area (Å²) in [5, 5.41) is 7.87. The quantitative estimate of drug-likeness (QED) is 0.620. The Bertz CT molecular complexity index is 1050. The van der Waals surface area contributed by atoms with Gasteiger partial charge in [-0.3, -0.25) is 4.79 Å². The number of urea groups is 1. The first-order chi connectivity index (χ1) is 14.1. The molecule has 0 radical (unpaired) electrons. The minimum absolute atomic E-state index is 0.173. The van der Waals surface area contributed by atoms with Crippen LogP contribution in [0.3, 0.4) is 0 Å². The van der Waals surface area contributed by atoms with Gasteiger partial charge in [0.2, 0.25) is 0 Å². The van der Waals surface area contributed by atoms with E-state index in [9.17, 15) is 9.59 Å². The molecular weight excluding hydrogens is 364 g/mol. The third-order valence-electron chi connectivity index (χ3n) is 5.27. The number of carbonyl (C=O) groups excluding carboxylic acids is 2. The summed E-state index contributed by atoms with van der Waals surface area (Å²) in [4.78, 5) is 26.5. The molecule has 0 aromatic heterocycles. The van der Waals surface area contributed by atoms with Gasteiger partial charge in [-0.15, -0.1) is 0 Å². The van der Waals surface area contributed by atoms with Crippen molar-refractivity contribution in [3.63, 3.8) is 0 Å². The Balaban J connectivity index is 1.60. The van der Waals surface area contributed by atoms with Gasteiger partial charge in [0.15, 0.2) is 0 Å². The Morgan fingerprint density at radius 1 is 0.966 bits per heavy atom. The Morgan fingerprint density at radius 2 is 1.72 bits per heavy atom. The Kier molecular flexibility index (Phi) is 5.33. The smallest absolute Gasteiger partial charge is 0.316 e. The molecule has 3 amide bonds. The predicted octanol–water partition coefficient (Wildman–Crippen LogP) is 3.86. The summed E-state index contributed by atoms with van der Waals surface area (Å²) in [7, 11) is 0. The molecule has 1 aliphatic heterocycles. The maximum Gasteiger partial charge on any atom is 0.316 e. The van der Waals surface area contributed by atoms with Gasteiger partial charge in [-0.1, -0.05) is 42.5 Å². The monoisotopic (exact) mass is 388 g/mol. The number of nitrogens with one attached hydrogen (secondary N) is 2. The number of carbonyl (C=O) groups is 2. The van der Waals surface area contributed by atoms with Gasteiger partial charge in [0, 0.05) is 31.0 Å². The molecule has 3 aromatic rings. The number of benzene rings is 3. The standard InChI is InChI=1S/C23H24N4O2/c24-23(29)26-18-10-11-21(27-12-3-4-13-27)20(14-18)22(28)25-15-17-8-5-7-16-6-1-2-9-19(16)17/h1-2,5-11,14H,3-4,12-13,15H2,(H,25,28)(H3,24,26,29). The van der Waals surface area contributed by atoms with Crippen molar-refractivity contribution in [3.8, 4) is 0 Å². The lowest BCUT2D eigenvalue weighted by atomic mass is 10.0. The van der Waals surface area contributed by atoms with Gasteiger partial charge in [-0.2, -0.15) is 0 Å². The fraction of sp³-hybridized carbons (Fsp3) is 0.217. The van der Waals surface area contributed by atoms with Crippen molar-refractivity contribution in [2.75, 3.05) is 23.3 Å². The van der Waals surface area contributed by atoms with Crippen LogP contribution in [0.15, 0.2) is 60.7 Å². The highest BCUT2D eigenvalue weighted by Crippen LogP contribution is 2.28. The lowest BCUT2D eigenvalue weighted by Crippen LogP contribution is -2.28. The molecule has 148 valence electrons. The number of hydrogen-bond donors (Lipinski definition) is 3. The van der Waals surface area contributed by atoms with Crippen molar-refractivity contribution in [1.82, 2.24) is 5.32 Å². The van der Waals surface area contributed by atoms with Crippen LogP contribution in [0.1, 0.15) is 28.8 Å². The van der Waals surface area contributed by atoms with Crippen LogP contribution in [0, 0.1) is 0 Å². The first-order valence-corrected chi connectivity index (χ1v) is 9.82. The summed E-state index contributed by atoms with van der Waals surface area (Å²) in [6.07, 6.45) is 2.22. The molecule has 0 bridgehead atoms. The van der Waals surface area contributed by atoms with Crippen molar-refractivity contribution in [1.29, 1.82) is 0 Å². The van der Waals surface area contributed by atoms with Crippen molar-refractivity contribution >= 4 is 34.1 Å². The molecule has 4 N–H and O–H groups in total. The van der Waals surface area contributed by atoms with Crippen molar-refractivity contribution < 1.29 is 9.59 Å². The Hall–Kier alpha value is -3.54. The number of primary amides is 1. The molecule has 0 saturated carbocycles. The second-order valence-electron chi connectivity index (χ2n) is 7.24. The minimum atomic E-state index is -0.652. The molecule has 6 heteroatoms. The molecule has 1 fully saturated rings. The molecular formula is C23H24N4O2. The van der Waals surface area contributed by atoms with E-state index >= 15 is 0 Å². The van der Waals surface area contributed by atoms with Gasteiger partial charge in [0.25, 0.3) is 5.91 Å². The Morgan fingerprint density at radius 3 is 2.52 bits per heavy atom. The maximum absolute atomic E-state index is 13.1. The summed E-state index contributed by atoms with van der Waals surface area (Å²) < 4.78 is 0. The van der Waals surface area contributed by atoms with E-state index in [-0.39, 0.29) is 5.91 Å². The zero-order valence-corrected chi connectivity index (χ0v) is 16.2. The molecule has 1 saturated heterocycles. The lowest BCUT2D eigenvalue weighted by Gasteiger charge is -2.22. The summed E-state index contributed by atoms with van der Waals surface area (Å²) in [6.45, 7) is 2.27. The molecule has 29 heavy (non-hydrogen) atoms. The van der Waals surface area contributed by atoms with Gasteiger partial charge >= 0.3 is 6.03 Å². The highest BCUT2D eigenvalue weighted by atomic mass is 16.2. The summed E-state index contributed by atoms with van der Waals surface area (Å²) in [6, 6.07) is 18.9. The normalized spacial score (nSPS) is 13.4. The first-order valence-electron chi connectivity index (χ1n) is 9.82. The minimum Gasteiger partial charge on any atom is -0.371 e. The van der Waals surface area contributed by atoms with E-state index in [0.717, 1.165) is 48.0 Å². The number of rotatable bonds is 5. The number of amides is 3. The summed E-state index contributed by atoms with van der Waals surface area (Å²) in [5.74, 6) is -0.173. The van der Waals surface area contributed by atoms with Crippen LogP contribution in [0.4, 0.5) is 16.2 Å². The lowest BCUT2D eigenvalue weighted by molar-refractivity contribution is 0.0951. The maximum atomic E-state index is 13.1. The molecule has 0 aliphatic carbocycles. The van der Waals surface area contributed by atoms with E-state index < -0.39 is 6.03 Å². The average molecular weight is 388 g/mol. The SMILES string of the molecule is NC(=O)Nc1ccc(N2CCCC2)c(C(=O)NCc2cccc3ccccc23)c1. The van der Waals surface area contributed by atoms with E-state index in [1.807, 2.05) is 30.3 Å². The fourth-order valence-corrected chi connectivity index (χ4v) is 3.89. The number of nitrogens with two attached hydrogens (primary N) is 1. The van der Waals surface area contributed by atoms with Crippen molar-refractivity contribution in [3.05, 3.63) is 71.8 Å². The third kappa shape index (κ3) is 4.16. The van der Waals surface area contributed by atoms with Crippen LogP contribution in [0.25, 0.3) is 10.8 Å². The van der Waals surface area contributed by atoms with E-state index in [4.69, 9.17) is 5.73 Å². The molecule has 0 atom stereocenters. The molecule has 1 aliphatic rings. The van der Waals surface area contributed by atoms with Crippen molar-refractivity contribution in [2.45, 2.75) is 19.4 Å². The van der Waals surface area contributed by atoms with Gasteiger partial charge in [0.05, 0.1) is 5.56 Å². The van der Waals surface area contributed by atoms with Gasteiger partial charge in [-0.25, -0.2) is 4.79 Å². The second kappa shape index (κ2) is 8.22. The van der Waals surface area contributed by atoms with Crippen LogP contribution in [0.2, 0.25) is 0 Å². The van der Waals surface area contributed by atoms with E-state index in [2.05, 4.69) is 33.7 Å². The molecule has 3 aromatic carbocycles. The summed E-state index contributed by atoms with van der Waals surface area (Å²) in [5.41, 5.74) is 8.23. The topological polar surface area (TPSA) is 87.5 Å². The number of anilines is 2. The molecule has 6 nitrogen and oxygen atoms in total. The van der Waals surface area contributed by atoms with E-state index in [1.165, 1.54) is 0 Å². The fourth-order valence-electron chi connectivity index (χ4n) is 3.89. The zero-order chi connectivity index (χ0) is 20.2. The zero-order valence-electron chi connectivity index (χ0n) is 16.2. The van der Waals surface area contributed by atoms with Crippen molar-refractivity contribution in [2.24, 2.45) is 5.73 Å². The largest absolute Gasteiger partial charge is 0.371 e. The highest BCUT2D eigenvalue weighted by Gasteiger charge is 2.20. The molecule has 0 unspecified atom stereocenters. The third-order valence-corrected chi connectivity index (χ3v) is 5.27. The number of nitrogens with zero attached hydrogens (tertiary/aromatic N) is 1. The first kappa shape index (κ1) is 18.8. The number of fused-ring (bicyclic) bond motifs is 1. The van der Waals surface area contributed by atoms with Gasteiger partial charge < -0.3 is 21.3 Å². The predicted molar refractivity (Wildman–Crippen MR) is 116 cm³/mol. The molecule has 4 rings (SSSR count). The van der Waals surface area contributed by atoms with Crippen LogP contribution < -0.4 is 21.3 Å². The van der Waals surface area contributed by atoms with Gasteiger partial charge in [-0.05, 0) is 47.4 Å². The number of hydrogen-bond acceptors (Lipinski definition) is 3. The molecule has 0 spiro atoms. The molecule has 1 heterocycles. The van der Waals surface area contributed by atoms with E-state index in [1.54, 1.807) is 12.1 Å². The summed E-state index contributed by atoms with van der Waals surface area (Å²) >= 11 is 0.